The molecule has 3 N–H and O–H groups in total. The maximum atomic E-state index is 10.1. The Bertz CT molecular complexity index is 336. The molecule has 1 aromatic rings. The van der Waals surface area contributed by atoms with Crippen molar-refractivity contribution < 1.29 is 9.52 Å². The quantitative estimate of drug-likeness (QED) is 0.434. The topological polar surface area (TPSA) is 69.8 Å². The third kappa shape index (κ3) is 4.95. The lowest BCUT2D eigenvalue weighted by atomic mass is 10.0. The summed E-state index contributed by atoms with van der Waals surface area (Å²) in [7, 11) is 1.69. The Kier molecular flexibility index (Phi) is 7.21. The lowest BCUT2D eigenvalue weighted by molar-refractivity contribution is 0.0386. The van der Waals surface area contributed by atoms with Gasteiger partial charge in [0.25, 0.3) is 0 Å². The molecule has 1 aromatic heterocycles. The molecule has 0 saturated heterocycles. The summed E-state index contributed by atoms with van der Waals surface area (Å²) < 4.78 is 5.17. The fourth-order valence-corrected chi connectivity index (χ4v) is 1.32. The summed E-state index contributed by atoms with van der Waals surface area (Å²) in [6.45, 7) is 4.79. The van der Waals surface area contributed by atoms with Gasteiger partial charge in [-0.05, 0) is 26.0 Å². The Morgan fingerprint density at radius 2 is 2.24 bits per heavy atom. The highest BCUT2D eigenvalue weighted by Gasteiger charge is 2.26. The number of nitrogens with zero attached hydrogens (tertiary/aromatic N) is 1. The van der Waals surface area contributed by atoms with Gasteiger partial charge in [-0.2, -0.15) is 0 Å². The number of aliphatic imine (C=N–C) groups is 1. The van der Waals surface area contributed by atoms with E-state index in [9.17, 15) is 5.11 Å². The van der Waals surface area contributed by atoms with Crippen LogP contribution in [0.2, 0.25) is 0 Å². The fraction of sp³-hybridized carbons (Fsp3) is 0.545. The number of aliphatic hydroxyl groups is 1. The van der Waals surface area contributed by atoms with Crippen LogP contribution in [0.5, 0.6) is 0 Å². The van der Waals surface area contributed by atoms with Gasteiger partial charge in [-0.25, -0.2) is 0 Å². The molecule has 0 fully saturated rings. The van der Waals surface area contributed by atoms with Crippen LogP contribution in [-0.2, 0) is 5.60 Å². The highest BCUT2D eigenvalue weighted by molar-refractivity contribution is 14.0. The van der Waals surface area contributed by atoms with Crippen molar-refractivity contribution >= 4 is 29.9 Å². The number of nitrogens with one attached hydrogen (secondary N) is 2. The summed E-state index contributed by atoms with van der Waals surface area (Å²) >= 11 is 0. The zero-order valence-electron chi connectivity index (χ0n) is 10.4. The van der Waals surface area contributed by atoms with Crippen molar-refractivity contribution in [2.75, 3.05) is 20.1 Å². The van der Waals surface area contributed by atoms with Gasteiger partial charge in [0.2, 0.25) is 0 Å². The van der Waals surface area contributed by atoms with Crippen molar-refractivity contribution in [2.24, 2.45) is 4.99 Å². The third-order valence-electron chi connectivity index (χ3n) is 2.22. The van der Waals surface area contributed by atoms with Crippen molar-refractivity contribution in [3.8, 4) is 0 Å². The van der Waals surface area contributed by atoms with E-state index in [0.717, 1.165) is 6.54 Å². The van der Waals surface area contributed by atoms with Gasteiger partial charge < -0.3 is 20.2 Å². The SMILES string of the molecule is CCNC(=NC)NCC(C)(O)c1ccco1.I. The molecule has 0 aliphatic carbocycles. The predicted octanol–water partition coefficient (Wildman–Crippen LogP) is 1.29. The first kappa shape index (κ1) is 16.2. The molecular weight excluding hydrogens is 333 g/mol. The van der Waals surface area contributed by atoms with E-state index in [1.54, 1.807) is 32.4 Å². The average molecular weight is 353 g/mol. The van der Waals surface area contributed by atoms with Crippen molar-refractivity contribution in [3.05, 3.63) is 24.2 Å². The van der Waals surface area contributed by atoms with Crippen LogP contribution in [0.1, 0.15) is 19.6 Å². The second kappa shape index (κ2) is 7.54. The van der Waals surface area contributed by atoms with E-state index in [-0.39, 0.29) is 24.0 Å². The van der Waals surface area contributed by atoms with Crippen molar-refractivity contribution in [3.63, 3.8) is 0 Å². The third-order valence-corrected chi connectivity index (χ3v) is 2.22. The van der Waals surface area contributed by atoms with Gasteiger partial charge in [-0.1, -0.05) is 0 Å². The van der Waals surface area contributed by atoms with Crippen LogP contribution < -0.4 is 10.6 Å². The minimum atomic E-state index is -1.05. The molecule has 0 aromatic carbocycles. The van der Waals surface area contributed by atoms with Gasteiger partial charge in [0.15, 0.2) is 5.96 Å². The molecule has 0 saturated carbocycles. The number of rotatable bonds is 4. The number of hydrogen-bond donors (Lipinski definition) is 3. The van der Waals surface area contributed by atoms with E-state index in [0.29, 0.717) is 18.3 Å². The van der Waals surface area contributed by atoms with Crippen molar-refractivity contribution in [2.45, 2.75) is 19.4 Å². The van der Waals surface area contributed by atoms with Gasteiger partial charge >= 0.3 is 0 Å². The molecule has 17 heavy (non-hydrogen) atoms. The van der Waals surface area contributed by atoms with Gasteiger partial charge in [0, 0.05) is 13.6 Å². The average Bonchev–Trinajstić information content (AvgIpc) is 2.78. The molecule has 0 aliphatic rings. The minimum Gasteiger partial charge on any atom is -0.466 e. The Labute approximate surface area is 119 Å². The summed E-state index contributed by atoms with van der Waals surface area (Å²) in [4.78, 5) is 4.01. The van der Waals surface area contributed by atoms with Gasteiger partial charge in [0.05, 0.1) is 12.8 Å². The highest BCUT2D eigenvalue weighted by atomic mass is 127. The van der Waals surface area contributed by atoms with E-state index in [2.05, 4.69) is 15.6 Å². The van der Waals surface area contributed by atoms with Crippen LogP contribution in [0.25, 0.3) is 0 Å². The summed E-state index contributed by atoms with van der Waals surface area (Å²) in [5, 5.41) is 16.2. The van der Waals surface area contributed by atoms with Crippen LogP contribution in [0.3, 0.4) is 0 Å². The summed E-state index contributed by atoms with van der Waals surface area (Å²) in [5.41, 5.74) is -1.05. The molecule has 1 rings (SSSR count). The van der Waals surface area contributed by atoms with Gasteiger partial charge in [-0.15, -0.1) is 24.0 Å². The number of furan rings is 1. The highest BCUT2D eigenvalue weighted by Crippen LogP contribution is 2.19. The fourth-order valence-electron chi connectivity index (χ4n) is 1.32. The zero-order chi connectivity index (χ0) is 12.0. The molecule has 0 bridgehead atoms. The number of halogens is 1. The molecule has 0 radical (unpaired) electrons. The second-order valence-corrected chi connectivity index (χ2v) is 3.71. The molecule has 5 nitrogen and oxygen atoms in total. The molecule has 1 heterocycles. The van der Waals surface area contributed by atoms with Crippen LogP contribution in [0, 0.1) is 0 Å². The smallest absolute Gasteiger partial charge is 0.191 e. The Morgan fingerprint density at radius 1 is 1.53 bits per heavy atom. The van der Waals surface area contributed by atoms with Crippen LogP contribution in [0.4, 0.5) is 0 Å². The molecule has 6 heteroatoms. The van der Waals surface area contributed by atoms with Crippen LogP contribution in [0.15, 0.2) is 27.8 Å². The first-order chi connectivity index (χ1) is 7.60. The van der Waals surface area contributed by atoms with Gasteiger partial charge in [-0.3, -0.25) is 4.99 Å². The first-order valence-electron chi connectivity index (χ1n) is 5.31. The maximum absolute atomic E-state index is 10.1. The molecule has 0 amide bonds. The normalized spacial score (nSPS) is 14.7. The van der Waals surface area contributed by atoms with Gasteiger partial charge in [0.1, 0.15) is 11.4 Å². The summed E-state index contributed by atoms with van der Waals surface area (Å²) in [6, 6.07) is 3.50. The molecule has 98 valence electrons. The predicted molar refractivity (Wildman–Crippen MR) is 78.7 cm³/mol. The Hall–Kier alpha value is -0.760. The maximum Gasteiger partial charge on any atom is 0.191 e. The number of hydrogen-bond acceptors (Lipinski definition) is 3. The lowest BCUT2D eigenvalue weighted by Gasteiger charge is -2.22. The molecule has 1 atom stereocenters. The van der Waals surface area contributed by atoms with E-state index in [4.69, 9.17) is 4.42 Å². The van der Waals surface area contributed by atoms with E-state index < -0.39 is 5.60 Å². The second-order valence-electron chi connectivity index (χ2n) is 3.71. The zero-order valence-corrected chi connectivity index (χ0v) is 12.7. The van der Waals surface area contributed by atoms with E-state index >= 15 is 0 Å². The largest absolute Gasteiger partial charge is 0.466 e. The van der Waals surface area contributed by atoms with Crippen molar-refractivity contribution in [1.29, 1.82) is 0 Å². The monoisotopic (exact) mass is 353 g/mol. The molecule has 1 unspecified atom stereocenters. The Morgan fingerprint density at radius 3 is 2.71 bits per heavy atom. The van der Waals surface area contributed by atoms with Crippen molar-refractivity contribution in [1.82, 2.24) is 10.6 Å². The van der Waals surface area contributed by atoms with Crippen LogP contribution >= 0.6 is 24.0 Å². The summed E-state index contributed by atoms with van der Waals surface area (Å²) in [6.07, 6.45) is 1.54. The minimum absolute atomic E-state index is 0. The lowest BCUT2D eigenvalue weighted by Crippen LogP contribution is -2.44. The first-order valence-corrected chi connectivity index (χ1v) is 5.31. The number of guanidine groups is 1. The Balaban J connectivity index is 0.00000256. The summed E-state index contributed by atoms with van der Waals surface area (Å²) in [5.74, 6) is 1.20. The van der Waals surface area contributed by atoms with E-state index in [1.165, 1.54) is 0 Å². The molecular formula is C11H20IN3O2. The van der Waals surface area contributed by atoms with E-state index in [1.807, 2.05) is 6.92 Å². The standard InChI is InChI=1S/C11H19N3O2.HI/c1-4-13-10(12-3)14-8-11(2,15)9-6-5-7-16-9;/h5-7,15H,4,8H2,1-3H3,(H2,12,13,14);1H. The molecule has 0 spiro atoms. The van der Waals surface area contributed by atoms with Crippen LogP contribution in [-0.4, -0.2) is 31.2 Å². The molecule has 0 aliphatic heterocycles.